The molecule has 0 aliphatic heterocycles. The zero-order valence-electron chi connectivity index (χ0n) is 10.8. The summed E-state index contributed by atoms with van der Waals surface area (Å²) in [6, 6.07) is 5.59. The largest absolute Gasteiger partial charge is 0.484 e. The highest BCUT2D eigenvalue weighted by molar-refractivity contribution is 9.10. The van der Waals surface area contributed by atoms with Gasteiger partial charge in [-0.3, -0.25) is 4.79 Å². The molecule has 100 valence electrons. The molecule has 1 amide bonds. The number of halogens is 1. The van der Waals surface area contributed by atoms with Crippen molar-refractivity contribution in [2.45, 2.75) is 19.9 Å². The van der Waals surface area contributed by atoms with Crippen molar-refractivity contribution < 1.29 is 14.3 Å². The van der Waals surface area contributed by atoms with Gasteiger partial charge in [0.05, 0.1) is 6.61 Å². The van der Waals surface area contributed by atoms with Gasteiger partial charge in [0, 0.05) is 17.6 Å². The van der Waals surface area contributed by atoms with E-state index in [1.165, 1.54) is 0 Å². The lowest BCUT2D eigenvalue weighted by molar-refractivity contribution is -0.124. The van der Waals surface area contributed by atoms with Crippen molar-refractivity contribution in [1.82, 2.24) is 5.32 Å². The number of ether oxygens (including phenoxy) is 2. The number of nitrogens with one attached hydrogen (secondary N) is 1. The number of hydrogen-bond donors (Lipinski definition) is 1. The third-order valence-electron chi connectivity index (χ3n) is 2.32. The lowest BCUT2D eigenvalue weighted by Crippen LogP contribution is -2.38. The van der Waals surface area contributed by atoms with Crippen LogP contribution in [0.25, 0.3) is 0 Å². The van der Waals surface area contributed by atoms with Crippen molar-refractivity contribution in [2.24, 2.45) is 0 Å². The van der Waals surface area contributed by atoms with Crippen molar-refractivity contribution >= 4 is 21.8 Å². The first-order valence-electron chi connectivity index (χ1n) is 5.70. The molecule has 1 N–H and O–H groups in total. The number of rotatable bonds is 6. The summed E-state index contributed by atoms with van der Waals surface area (Å²) in [6.07, 6.45) is 0. The second kappa shape index (κ2) is 7.38. The number of amides is 1. The van der Waals surface area contributed by atoms with Crippen molar-refractivity contribution in [3.63, 3.8) is 0 Å². The Labute approximate surface area is 116 Å². The number of benzene rings is 1. The normalized spacial score (nSPS) is 12.0. The molecule has 0 aromatic heterocycles. The summed E-state index contributed by atoms with van der Waals surface area (Å²) in [5.41, 5.74) is 1.07. The van der Waals surface area contributed by atoms with Gasteiger partial charge in [-0.1, -0.05) is 15.9 Å². The summed E-state index contributed by atoms with van der Waals surface area (Å²) in [5, 5.41) is 2.78. The Morgan fingerprint density at radius 1 is 1.50 bits per heavy atom. The Kier molecular flexibility index (Phi) is 6.15. The topological polar surface area (TPSA) is 47.6 Å². The van der Waals surface area contributed by atoms with Crippen molar-refractivity contribution in [3.05, 3.63) is 28.2 Å². The molecule has 0 fully saturated rings. The average Bonchev–Trinajstić information content (AvgIpc) is 2.31. The van der Waals surface area contributed by atoms with E-state index in [4.69, 9.17) is 9.47 Å². The zero-order valence-corrected chi connectivity index (χ0v) is 12.4. The predicted octanol–water partition coefficient (Wildman–Crippen LogP) is 2.29. The lowest BCUT2D eigenvalue weighted by atomic mass is 10.2. The molecule has 1 rings (SSSR count). The predicted molar refractivity (Wildman–Crippen MR) is 73.9 cm³/mol. The first-order chi connectivity index (χ1) is 8.52. The molecule has 1 aromatic carbocycles. The van der Waals surface area contributed by atoms with E-state index < -0.39 is 0 Å². The molecule has 1 aromatic rings. The fraction of sp³-hybridized carbons (Fsp3) is 0.462. The standard InChI is InChI=1S/C13H18BrNO3/c1-9-6-11(4-5-12(9)14)18-8-13(16)15-10(2)7-17-3/h4-6,10H,7-8H2,1-3H3,(H,15,16). The Balaban J connectivity index is 2.40. The molecule has 4 nitrogen and oxygen atoms in total. The highest BCUT2D eigenvalue weighted by Crippen LogP contribution is 2.21. The maximum absolute atomic E-state index is 11.6. The monoisotopic (exact) mass is 315 g/mol. The quantitative estimate of drug-likeness (QED) is 0.876. The van der Waals surface area contributed by atoms with Crippen LogP contribution < -0.4 is 10.1 Å². The maximum Gasteiger partial charge on any atom is 0.258 e. The molecule has 0 bridgehead atoms. The molecule has 0 heterocycles. The SMILES string of the molecule is COCC(C)NC(=O)COc1ccc(Br)c(C)c1. The van der Waals surface area contributed by atoms with E-state index in [9.17, 15) is 4.79 Å². The van der Waals surface area contributed by atoms with Crippen molar-refractivity contribution in [1.29, 1.82) is 0 Å². The van der Waals surface area contributed by atoms with Gasteiger partial charge in [-0.2, -0.15) is 0 Å². The Hall–Kier alpha value is -1.07. The summed E-state index contributed by atoms with van der Waals surface area (Å²) in [7, 11) is 1.60. The first kappa shape index (κ1) is 15.0. The van der Waals surface area contributed by atoms with Gasteiger partial charge >= 0.3 is 0 Å². The average molecular weight is 316 g/mol. The van der Waals surface area contributed by atoms with E-state index in [-0.39, 0.29) is 18.6 Å². The number of carbonyl (C=O) groups is 1. The molecule has 0 saturated heterocycles. The maximum atomic E-state index is 11.6. The van der Waals surface area contributed by atoms with Gasteiger partial charge in [-0.05, 0) is 37.6 Å². The van der Waals surface area contributed by atoms with Crippen LogP contribution in [-0.4, -0.2) is 32.3 Å². The van der Waals surface area contributed by atoms with Gasteiger partial charge in [0.25, 0.3) is 5.91 Å². The number of hydrogen-bond acceptors (Lipinski definition) is 3. The zero-order chi connectivity index (χ0) is 13.5. The molecular weight excluding hydrogens is 298 g/mol. The van der Waals surface area contributed by atoms with Crippen LogP contribution in [0, 0.1) is 6.92 Å². The minimum Gasteiger partial charge on any atom is -0.484 e. The highest BCUT2D eigenvalue weighted by atomic mass is 79.9. The molecule has 1 atom stereocenters. The molecule has 18 heavy (non-hydrogen) atoms. The van der Waals surface area contributed by atoms with Gasteiger partial charge in [-0.15, -0.1) is 0 Å². The van der Waals surface area contributed by atoms with E-state index in [0.717, 1.165) is 10.0 Å². The number of carbonyl (C=O) groups excluding carboxylic acids is 1. The third kappa shape index (κ3) is 5.06. The van der Waals surface area contributed by atoms with Crippen LogP contribution in [0.3, 0.4) is 0 Å². The first-order valence-corrected chi connectivity index (χ1v) is 6.49. The van der Waals surface area contributed by atoms with Gasteiger partial charge in [0.15, 0.2) is 6.61 Å². The van der Waals surface area contributed by atoms with E-state index in [2.05, 4.69) is 21.2 Å². The van der Waals surface area contributed by atoms with Crippen LogP contribution in [0.5, 0.6) is 5.75 Å². The summed E-state index contributed by atoms with van der Waals surface area (Å²) >= 11 is 3.41. The Morgan fingerprint density at radius 2 is 2.22 bits per heavy atom. The van der Waals surface area contributed by atoms with E-state index >= 15 is 0 Å². The van der Waals surface area contributed by atoms with Crippen molar-refractivity contribution in [2.75, 3.05) is 20.3 Å². The van der Waals surface area contributed by atoms with Crippen LogP contribution in [0.15, 0.2) is 22.7 Å². The highest BCUT2D eigenvalue weighted by Gasteiger charge is 2.08. The summed E-state index contributed by atoms with van der Waals surface area (Å²) in [4.78, 5) is 11.6. The molecule has 5 heteroatoms. The van der Waals surface area contributed by atoms with E-state index in [0.29, 0.717) is 12.4 Å². The van der Waals surface area contributed by atoms with Crippen LogP contribution in [-0.2, 0) is 9.53 Å². The van der Waals surface area contributed by atoms with Crippen LogP contribution in [0.2, 0.25) is 0 Å². The molecule has 0 aliphatic carbocycles. The Bertz CT molecular complexity index is 409. The molecule has 0 saturated carbocycles. The Morgan fingerprint density at radius 3 is 2.83 bits per heavy atom. The summed E-state index contributed by atoms with van der Waals surface area (Å²) in [5.74, 6) is 0.533. The van der Waals surface area contributed by atoms with E-state index in [1.54, 1.807) is 7.11 Å². The fourth-order valence-electron chi connectivity index (χ4n) is 1.46. The number of methoxy groups -OCH3 is 1. The molecule has 0 radical (unpaired) electrons. The molecule has 1 unspecified atom stereocenters. The molecule has 0 aliphatic rings. The van der Waals surface area contributed by atoms with Crippen molar-refractivity contribution in [3.8, 4) is 5.75 Å². The van der Waals surface area contributed by atoms with Gasteiger partial charge < -0.3 is 14.8 Å². The molecule has 0 spiro atoms. The molecular formula is C13H18BrNO3. The fourth-order valence-corrected chi connectivity index (χ4v) is 1.71. The minimum absolute atomic E-state index is 0.00905. The second-order valence-corrected chi connectivity index (χ2v) is 4.98. The number of aryl methyl sites for hydroxylation is 1. The van der Waals surface area contributed by atoms with Gasteiger partial charge in [-0.25, -0.2) is 0 Å². The third-order valence-corrected chi connectivity index (χ3v) is 3.21. The smallest absolute Gasteiger partial charge is 0.258 e. The summed E-state index contributed by atoms with van der Waals surface area (Å²) in [6.45, 7) is 4.35. The summed E-state index contributed by atoms with van der Waals surface area (Å²) < 4.78 is 11.4. The minimum atomic E-state index is -0.153. The second-order valence-electron chi connectivity index (χ2n) is 4.12. The van der Waals surface area contributed by atoms with E-state index in [1.807, 2.05) is 32.0 Å². The van der Waals surface area contributed by atoms with Crippen LogP contribution in [0.1, 0.15) is 12.5 Å². The van der Waals surface area contributed by atoms with Gasteiger partial charge in [0.1, 0.15) is 5.75 Å². The van der Waals surface area contributed by atoms with Crippen LogP contribution in [0.4, 0.5) is 0 Å². The lowest BCUT2D eigenvalue weighted by Gasteiger charge is -2.13. The van der Waals surface area contributed by atoms with Gasteiger partial charge in [0.2, 0.25) is 0 Å². The van der Waals surface area contributed by atoms with Crippen LogP contribution >= 0.6 is 15.9 Å².